The third kappa shape index (κ3) is 4.44. The van der Waals surface area contributed by atoms with Crippen molar-refractivity contribution >= 4 is 45.8 Å². The van der Waals surface area contributed by atoms with Gasteiger partial charge >= 0.3 is 0 Å². The van der Waals surface area contributed by atoms with Gasteiger partial charge in [0.05, 0.1) is 21.7 Å². The molecule has 2 N–H and O–H groups in total. The van der Waals surface area contributed by atoms with Crippen molar-refractivity contribution in [3.63, 3.8) is 0 Å². The molecule has 4 rings (SSSR count). The number of carbonyl (C=O) groups excluding carboxylic acids is 1. The molecule has 0 bridgehead atoms. The van der Waals surface area contributed by atoms with Gasteiger partial charge in [0.15, 0.2) is 5.15 Å². The minimum atomic E-state index is -2.60. The Bertz CT molecular complexity index is 1320. The molecule has 1 amide bonds. The van der Waals surface area contributed by atoms with E-state index in [0.717, 1.165) is 18.7 Å². The quantitative estimate of drug-likeness (QED) is 0.548. The molecule has 0 radical (unpaired) electrons. The maximum absolute atomic E-state index is 12.2. The number of hydrogen-bond donors (Lipinski definition) is 2. The lowest BCUT2D eigenvalue weighted by atomic mass is 10.1. The first kappa shape index (κ1) is 18.8. The second-order valence-electron chi connectivity index (χ2n) is 7.52. The molecule has 10 heteroatoms. The van der Waals surface area contributed by atoms with Gasteiger partial charge in [-0.2, -0.15) is 0 Å². The Morgan fingerprint density at radius 3 is 2.66 bits per heavy atom. The lowest BCUT2D eigenvalue weighted by Crippen LogP contribution is -2.46. The third-order valence-electron chi connectivity index (χ3n) is 5.57. The van der Waals surface area contributed by atoms with Crippen LogP contribution in [0.4, 0.5) is 5.69 Å². The zero-order valence-corrected chi connectivity index (χ0v) is 18.9. The molecule has 168 valence electrons. The number of anilines is 1. The molecule has 1 saturated heterocycles. The Balaban J connectivity index is 1.42. The van der Waals surface area contributed by atoms with Crippen molar-refractivity contribution in [1.29, 1.82) is 0 Å². The zero-order valence-electron chi connectivity index (χ0n) is 20.4. The highest BCUT2D eigenvalue weighted by atomic mass is 35.5. The van der Waals surface area contributed by atoms with E-state index in [1.165, 1.54) is 6.07 Å². The number of aryl methyl sites for hydroxylation is 1. The average Bonchev–Trinajstić information content (AvgIpc) is 2.80. The van der Waals surface area contributed by atoms with Crippen LogP contribution < -0.4 is 15.8 Å². The number of H-pyrrole nitrogens is 1. The van der Waals surface area contributed by atoms with Crippen LogP contribution in [0, 0.1) is 0 Å². The van der Waals surface area contributed by atoms with Crippen molar-refractivity contribution in [2.75, 3.05) is 38.1 Å². The van der Waals surface area contributed by atoms with Crippen molar-refractivity contribution in [3.05, 3.63) is 61.7 Å². The smallest absolute Gasteiger partial charge is 0.270 e. The number of hydrogen-bond acceptors (Lipinski definition) is 6. The molecule has 8 nitrogen and oxygen atoms in total. The molecule has 3 aromatic rings. The monoisotopic (exact) mass is 477 g/mol. The number of fused-ring (bicyclic) bond motifs is 1. The van der Waals surface area contributed by atoms with Crippen molar-refractivity contribution in [3.8, 4) is 0 Å². The molecule has 2 aromatic heterocycles. The van der Waals surface area contributed by atoms with E-state index in [1.807, 2.05) is 24.4 Å². The van der Waals surface area contributed by atoms with Crippen LogP contribution in [-0.4, -0.2) is 58.9 Å². The Morgan fingerprint density at radius 2 is 1.97 bits per heavy atom. The highest BCUT2D eigenvalue weighted by Crippen LogP contribution is 2.28. The third-order valence-corrected chi connectivity index (χ3v) is 6.28. The van der Waals surface area contributed by atoms with Crippen LogP contribution in [0.2, 0.25) is 10.2 Å². The largest absolute Gasteiger partial charge is 0.366 e. The number of nitrogens with one attached hydrogen (secondary N) is 2. The number of benzene rings is 1. The van der Waals surface area contributed by atoms with Crippen molar-refractivity contribution in [2.24, 2.45) is 0 Å². The first-order valence-electron chi connectivity index (χ1n) is 11.7. The Hall–Kier alpha value is -2.68. The predicted octanol–water partition coefficient (Wildman–Crippen LogP) is 2.87. The summed E-state index contributed by atoms with van der Waals surface area (Å²) >= 11 is 12.9. The molecule has 1 fully saturated rings. The van der Waals surface area contributed by atoms with Gasteiger partial charge in [-0.3, -0.25) is 14.5 Å². The normalized spacial score (nSPS) is 16.5. The summed E-state index contributed by atoms with van der Waals surface area (Å²) in [5, 5.41) is 2.53. The fourth-order valence-electron chi connectivity index (χ4n) is 3.81. The standard InChI is InChI=1S/C22H24Cl2N6O2/c1-3-14-22(32)28-19-15(26-14)5-4-13(18(19)23)12-29-8-10-30(11-9-29)17-7-6-16(21(31)25-2)27-20(17)24/h4-7H,3,8-12H2,1-2H3,(H,25,31)(H,28,32)/i2D3. The molecule has 1 aliphatic heterocycles. The van der Waals surface area contributed by atoms with Crippen LogP contribution in [-0.2, 0) is 13.0 Å². The molecule has 1 aromatic carbocycles. The second-order valence-corrected chi connectivity index (χ2v) is 8.26. The van der Waals surface area contributed by atoms with Crippen molar-refractivity contribution < 1.29 is 8.91 Å². The lowest BCUT2D eigenvalue weighted by molar-refractivity contribution is 0.0958. The van der Waals surface area contributed by atoms with Gasteiger partial charge in [0.25, 0.3) is 11.5 Å². The molecule has 0 atom stereocenters. The average molecular weight is 478 g/mol. The van der Waals surface area contributed by atoms with Crippen LogP contribution >= 0.6 is 23.2 Å². The minimum Gasteiger partial charge on any atom is -0.366 e. The maximum atomic E-state index is 12.2. The number of halogens is 2. The molecule has 0 unspecified atom stereocenters. The summed E-state index contributed by atoms with van der Waals surface area (Å²) in [4.78, 5) is 39.9. The Kier molecular flexibility index (Phi) is 5.56. The van der Waals surface area contributed by atoms with E-state index in [1.54, 1.807) is 6.07 Å². The van der Waals surface area contributed by atoms with Crippen LogP contribution in [0.1, 0.15) is 32.8 Å². The van der Waals surface area contributed by atoms with Gasteiger partial charge in [-0.15, -0.1) is 0 Å². The first-order valence-corrected chi connectivity index (χ1v) is 11.0. The SMILES string of the molecule is [2H]C([2H])([2H])NC(=O)c1ccc(N2CCN(Cc3ccc4nc(CC)c(=O)[nH]c4c3Cl)CC2)c(Cl)n1. The summed E-state index contributed by atoms with van der Waals surface area (Å²) in [5.41, 5.74) is 2.99. The second kappa shape index (κ2) is 9.44. The summed E-state index contributed by atoms with van der Waals surface area (Å²) in [6.07, 6.45) is 0.548. The van der Waals surface area contributed by atoms with Crippen LogP contribution in [0.5, 0.6) is 0 Å². The van der Waals surface area contributed by atoms with E-state index in [-0.39, 0.29) is 16.4 Å². The number of carbonyl (C=O) groups is 1. The maximum Gasteiger partial charge on any atom is 0.270 e. The number of aromatic amines is 1. The summed E-state index contributed by atoms with van der Waals surface area (Å²) in [6, 6.07) is 6.94. The van der Waals surface area contributed by atoms with Gasteiger partial charge in [0.2, 0.25) is 0 Å². The highest BCUT2D eigenvalue weighted by Gasteiger charge is 2.21. The minimum absolute atomic E-state index is 0.0574. The zero-order chi connectivity index (χ0) is 25.3. The summed E-state index contributed by atoms with van der Waals surface area (Å²) in [6.45, 7) is 2.70. The van der Waals surface area contributed by atoms with Gasteiger partial charge in [-0.25, -0.2) is 9.97 Å². The first-order chi connectivity index (χ1) is 16.6. The molecule has 0 spiro atoms. The Morgan fingerprint density at radius 1 is 1.19 bits per heavy atom. The lowest BCUT2D eigenvalue weighted by Gasteiger charge is -2.36. The number of nitrogens with zero attached hydrogens (tertiary/aromatic N) is 4. The molecular formula is C22H24Cl2N6O2. The number of rotatable bonds is 5. The molecule has 1 aliphatic rings. The van der Waals surface area contributed by atoms with E-state index in [9.17, 15) is 9.59 Å². The molecule has 3 heterocycles. The predicted molar refractivity (Wildman–Crippen MR) is 127 cm³/mol. The topological polar surface area (TPSA) is 94.2 Å². The van der Waals surface area contributed by atoms with Crippen LogP contribution in [0.15, 0.2) is 29.1 Å². The van der Waals surface area contributed by atoms with E-state index in [2.05, 4.69) is 24.8 Å². The molecule has 0 saturated carbocycles. The highest BCUT2D eigenvalue weighted by molar-refractivity contribution is 6.35. The van der Waals surface area contributed by atoms with E-state index in [4.69, 9.17) is 27.3 Å². The fourth-order valence-corrected chi connectivity index (χ4v) is 4.35. The van der Waals surface area contributed by atoms with Crippen molar-refractivity contribution in [2.45, 2.75) is 19.9 Å². The fraction of sp³-hybridized carbons (Fsp3) is 0.364. The van der Waals surface area contributed by atoms with E-state index < -0.39 is 12.9 Å². The van der Waals surface area contributed by atoms with Gasteiger partial charge in [0, 0.05) is 43.8 Å². The van der Waals surface area contributed by atoms with E-state index in [0.29, 0.717) is 53.5 Å². The van der Waals surface area contributed by atoms with Gasteiger partial charge < -0.3 is 15.2 Å². The van der Waals surface area contributed by atoms with Crippen LogP contribution in [0.25, 0.3) is 11.0 Å². The van der Waals surface area contributed by atoms with Gasteiger partial charge in [0.1, 0.15) is 11.4 Å². The number of aromatic nitrogens is 3. The van der Waals surface area contributed by atoms with Crippen LogP contribution in [0.3, 0.4) is 0 Å². The van der Waals surface area contributed by atoms with Gasteiger partial charge in [-0.05, 0) is 30.2 Å². The molecular weight excluding hydrogens is 451 g/mol. The Labute approximate surface area is 199 Å². The van der Waals surface area contributed by atoms with Crippen molar-refractivity contribution in [1.82, 2.24) is 25.2 Å². The summed E-state index contributed by atoms with van der Waals surface area (Å²) < 4.78 is 21.4. The summed E-state index contributed by atoms with van der Waals surface area (Å²) in [7, 11) is 0. The summed E-state index contributed by atoms with van der Waals surface area (Å²) in [5.74, 6) is -0.807. The number of amides is 1. The number of piperazine rings is 1. The number of pyridine rings is 1. The van der Waals surface area contributed by atoms with E-state index >= 15 is 0 Å². The molecule has 0 aliphatic carbocycles. The van der Waals surface area contributed by atoms with Gasteiger partial charge in [-0.1, -0.05) is 36.2 Å². The molecule has 32 heavy (non-hydrogen) atoms.